The van der Waals surface area contributed by atoms with Crippen LogP contribution in [0.4, 0.5) is 0 Å². The maximum Gasteiger partial charge on any atom is 0.310 e. The molecule has 1 fully saturated rings. The molecule has 0 saturated carbocycles. The van der Waals surface area contributed by atoms with Crippen LogP contribution in [-0.4, -0.2) is 42.5 Å². The summed E-state index contributed by atoms with van der Waals surface area (Å²) in [5.74, 6) is 1.35. The minimum Gasteiger partial charge on any atom is -0.490 e. The van der Waals surface area contributed by atoms with Crippen molar-refractivity contribution < 1.29 is 14.3 Å². The summed E-state index contributed by atoms with van der Waals surface area (Å²) in [4.78, 5) is 13.6. The fourth-order valence-corrected chi connectivity index (χ4v) is 2.72. The molecule has 5 nitrogen and oxygen atoms in total. The van der Waals surface area contributed by atoms with E-state index in [1.165, 1.54) is 0 Å². The Hall–Kier alpha value is -2.04. The Labute approximate surface area is 138 Å². The molecule has 1 aliphatic heterocycles. The second kappa shape index (κ2) is 8.56. The minimum absolute atomic E-state index is 0.201. The van der Waals surface area contributed by atoms with E-state index in [0.29, 0.717) is 18.9 Å². The van der Waals surface area contributed by atoms with Gasteiger partial charge in [-0.15, -0.1) is 0 Å². The fraction of sp³-hybridized carbons (Fsp3) is 0.556. The first-order chi connectivity index (χ1) is 11.1. The van der Waals surface area contributed by atoms with E-state index in [0.717, 1.165) is 43.7 Å². The van der Waals surface area contributed by atoms with Crippen LogP contribution in [0.15, 0.2) is 24.3 Å². The van der Waals surface area contributed by atoms with E-state index in [-0.39, 0.29) is 12.1 Å². The number of amidine groups is 1. The molecule has 0 unspecified atom stereocenters. The van der Waals surface area contributed by atoms with Gasteiger partial charge in [0.1, 0.15) is 11.9 Å². The number of rotatable bonds is 6. The van der Waals surface area contributed by atoms with Crippen molar-refractivity contribution in [1.29, 1.82) is 5.41 Å². The summed E-state index contributed by atoms with van der Waals surface area (Å²) < 4.78 is 11.0. The number of hydrogen-bond acceptors (Lipinski definition) is 4. The predicted octanol–water partition coefficient (Wildman–Crippen LogP) is 3.02. The number of carbonyl (C=O) groups excluding carboxylic acids is 1. The van der Waals surface area contributed by atoms with Gasteiger partial charge in [-0.3, -0.25) is 10.2 Å². The highest BCUT2D eigenvalue weighted by Gasteiger charge is 2.21. The van der Waals surface area contributed by atoms with Gasteiger partial charge in [0.25, 0.3) is 0 Å². The molecule has 0 bridgehead atoms. The van der Waals surface area contributed by atoms with Crippen LogP contribution in [0.1, 0.15) is 38.7 Å². The zero-order valence-electron chi connectivity index (χ0n) is 14.0. The summed E-state index contributed by atoms with van der Waals surface area (Å²) in [6, 6.07) is 7.65. The molecule has 1 aromatic rings. The van der Waals surface area contributed by atoms with Gasteiger partial charge in [0, 0.05) is 32.4 Å². The van der Waals surface area contributed by atoms with Crippen LogP contribution in [0, 0.1) is 5.41 Å². The van der Waals surface area contributed by atoms with Crippen molar-refractivity contribution in [2.75, 3.05) is 19.7 Å². The second-order valence-corrected chi connectivity index (χ2v) is 5.73. The number of nitrogens with zero attached hydrogens (tertiary/aromatic N) is 1. The third-order valence-corrected chi connectivity index (χ3v) is 4.04. The van der Waals surface area contributed by atoms with Gasteiger partial charge in [-0.05, 0) is 24.6 Å². The lowest BCUT2D eigenvalue weighted by atomic mass is 10.1. The summed E-state index contributed by atoms with van der Waals surface area (Å²) in [7, 11) is 0. The minimum atomic E-state index is -0.202. The maximum absolute atomic E-state index is 11.4. The first-order valence-corrected chi connectivity index (χ1v) is 8.36. The summed E-state index contributed by atoms with van der Waals surface area (Å²) >= 11 is 0. The van der Waals surface area contributed by atoms with Gasteiger partial charge < -0.3 is 14.4 Å². The van der Waals surface area contributed by atoms with Crippen molar-refractivity contribution in [3.63, 3.8) is 0 Å². The monoisotopic (exact) mass is 318 g/mol. The standard InChI is InChI=1S/C18H26N2O3/c1-3-17(19)20-11-9-16(10-12-20)23-15-7-5-14(6-8-15)13-18(21)22-4-2/h5-8,16,19H,3-4,9-13H2,1-2H3. The lowest BCUT2D eigenvalue weighted by molar-refractivity contribution is -0.142. The Morgan fingerprint density at radius 2 is 1.87 bits per heavy atom. The summed E-state index contributed by atoms with van der Waals surface area (Å²) in [5.41, 5.74) is 0.932. The van der Waals surface area contributed by atoms with Gasteiger partial charge in [-0.2, -0.15) is 0 Å². The highest BCUT2D eigenvalue weighted by atomic mass is 16.5. The van der Waals surface area contributed by atoms with E-state index < -0.39 is 0 Å². The van der Waals surface area contributed by atoms with Crippen molar-refractivity contribution in [2.24, 2.45) is 0 Å². The van der Waals surface area contributed by atoms with Crippen LogP contribution in [0.3, 0.4) is 0 Å². The van der Waals surface area contributed by atoms with Crippen molar-refractivity contribution in [2.45, 2.75) is 45.6 Å². The van der Waals surface area contributed by atoms with Gasteiger partial charge in [0.05, 0.1) is 18.9 Å². The fourth-order valence-electron chi connectivity index (χ4n) is 2.72. The van der Waals surface area contributed by atoms with Crippen LogP contribution < -0.4 is 4.74 Å². The van der Waals surface area contributed by atoms with Gasteiger partial charge in [-0.1, -0.05) is 19.1 Å². The summed E-state index contributed by atoms with van der Waals surface area (Å²) in [6.07, 6.45) is 3.16. The van der Waals surface area contributed by atoms with E-state index in [2.05, 4.69) is 4.90 Å². The molecular formula is C18H26N2O3. The average Bonchev–Trinajstić information content (AvgIpc) is 2.57. The highest BCUT2D eigenvalue weighted by molar-refractivity contribution is 5.78. The van der Waals surface area contributed by atoms with Crippen molar-refractivity contribution >= 4 is 11.8 Å². The number of likely N-dealkylation sites (tertiary alicyclic amines) is 1. The number of hydrogen-bond donors (Lipinski definition) is 1. The molecular weight excluding hydrogens is 292 g/mol. The van der Waals surface area contributed by atoms with Gasteiger partial charge in [-0.25, -0.2) is 0 Å². The first-order valence-electron chi connectivity index (χ1n) is 8.36. The normalized spacial score (nSPS) is 15.3. The molecule has 0 spiro atoms. The molecule has 1 saturated heterocycles. The third kappa shape index (κ3) is 5.27. The Kier molecular flexibility index (Phi) is 6.44. The third-order valence-electron chi connectivity index (χ3n) is 4.04. The quantitative estimate of drug-likeness (QED) is 0.497. The zero-order valence-corrected chi connectivity index (χ0v) is 14.0. The number of ether oxygens (including phenoxy) is 2. The molecule has 1 heterocycles. The van der Waals surface area contributed by atoms with E-state index in [4.69, 9.17) is 14.9 Å². The Balaban J connectivity index is 1.80. The SMILES string of the molecule is CCOC(=O)Cc1ccc(OC2CCN(C(=N)CC)CC2)cc1. The van der Waals surface area contributed by atoms with Gasteiger partial charge >= 0.3 is 5.97 Å². The molecule has 0 atom stereocenters. The molecule has 5 heteroatoms. The molecule has 1 aromatic carbocycles. The average molecular weight is 318 g/mol. The van der Waals surface area contributed by atoms with E-state index in [1.807, 2.05) is 38.1 Å². The van der Waals surface area contributed by atoms with E-state index in [1.54, 1.807) is 0 Å². The number of esters is 1. The summed E-state index contributed by atoms with van der Waals surface area (Å²) in [5, 5.41) is 7.88. The molecule has 23 heavy (non-hydrogen) atoms. The first kappa shape index (κ1) is 17.3. The van der Waals surface area contributed by atoms with Crippen molar-refractivity contribution in [3.05, 3.63) is 29.8 Å². The Bertz CT molecular complexity index is 520. The lowest BCUT2D eigenvalue weighted by Crippen LogP contribution is -2.41. The van der Waals surface area contributed by atoms with Crippen LogP contribution in [-0.2, 0) is 16.0 Å². The van der Waals surface area contributed by atoms with E-state index in [9.17, 15) is 4.79 Å². The zero-order chi connectivity index (χ0) is 16.7. The topological polar surface area (TPSA) is 62.6 Å². The van der Waals surface area contributed by atoms with Crippen LogP contribution in [0.25, 0.3) is 0 Å². The number of benzene rings is 1. The Morgan fingerprint density at radius 3 is 2.43 bits per heavy atom. The van der Waals surface area contributed by atoms with Gasteiger partial charge in [0.2, 0.25) is 0 Å². The van der Waals surface area contributed by atoms with Gasteiger partial charge in [0.15, 0.2) is 0 Å². The molecule has 0 aliphatic carbocycles. The predicted molar refractivity (Wildman–Crippen MR) is 90.0 cm³/mol. The molecule has 126 valence electrons. The molecule has 1 aliphatic rings. The van der Waals surface area contributed by atoms with E-state index >= 15 is 0 Å². The number of piperidine rings is 1. The highest BCUT2D eigenvalue weighted by Crippen LogP contribution is 2.20. The molecule has 1 N–H and O–H groups in total. The number of nitrogens with one attached hydrogen (secondary N) is 1. The smallest absolute Gasteiger partial charge is 0.310 e. The van der Waals surface area contributed by atoms with Crippen molar-refractivity contribution in [3.8, 4) is 5.75 Å². The van der Waals surface area contributed by atoms with Crippen LogP contribution in [0.2, 0.25) is 0 Å². The maximum atomic E-state index is 11.4. The molecule has 2 rings (SSSR count). The Morgan fingerprint density at radius 1 is 1.22 bits per heavy atom. The van der Waals surface area contributed by atoms with Crippen LogP contribution in [0.5, 0.6) is 5.75 Å². The second-order valence-electron chi connectivity index (χ2n) is 5.73. The molecule has 0 amide bonds. The van der Waals surface area contributed by atoms with Crippen molar-refractivity contribution in [1.82, 2.24) is 4.90 Å². The molecule has 0 aromatic heterocycles. The van der Waals surface area contributed by atoms with Crippen LogP contribution >= 0.6 is 0 Å². The lowest BCUT2D eigenvalue weighted by Gasteiger charge is -2.33. The number of carbonyl (C=O) groups is 1. The largest absolute Gasteiger partial charge is 0.490 e. The molecule has 0 radical (unpaired) electrons. The summed E-state index contributed by atoms with van der Waals surface area (Å²) in [6.45, 7) is 6.01.